The van der Waals surface area contributed by atoms with Crippen LogP contribution >= 0.6 is 0 Å². The molecule has 0 bridgehead atoms. The first-order chi connectivity index (χ1) is 10.6. The highest BCUT2D eigenvalue weighted by molar-refractivity contribution is 6.20. The molecule has 0 saturated heterocycles. The summed E-state index contributed by atoms with van der Waals surface area (Å²) < 4.78 is 5.64. The molecule has 0 saturated carbocycles. The van der Waals surface area contributed by atoms with Crippen LogP contribution in [0.1, 0.15) is 24.5 Å². The minimum Gasteiger partial charge on any atom is -0.508 e. The molecule has 0 amide bonds. The van der Waals surface area contributed by atoms with Crippen LogP contribution in [0, 0.1) is 0 Å². The summed E-state index contributed by atoms with van der Waals surface area (Å²) in [6.45, 7) is 2.59. The molecule has 114 valence electrons. The number of phenols is 1. The molecule has 0 spiro atoms. The van der Waals surface area contributed by atoms with E-state index in [9.17, 15) is 15.0 Å². The number of benzene rings is 2. The fraction of sp³-hybridized carbons (Fsp3) is 0.167. The minimum absolute atomic E-state index is 0.0974. The van der Waals surface area contributed by atoms with E-state index < -0.39 is 5.97 Å². The van der Waals surface area contributed by atoms with Crippen molar-refractivity contribution < 1.29 is 19.7 Å². The van der Waals surface area contributed by atoms with Crippen molar-refractivity contribution in [1.29, 1.82) is 0 Å². The third-order valence-electron chi connectivity index (χ3n) is 3.09. The van der Waals surface area contributed by atoms with Gasteiger partial charge >= 0.3 is 5.97 Å². The molecule has 2 N–H and O–H groups in total. The van der Waals surface area contributed by atoms with Gasteiger partial charge in [0.15, 0.2) is 0 Å². The number of rotatable bonds is 6. The van der Waals surface area contributed by atoms with Crippen LogP contribution in [0.25, 0.3) is 11.6 Å². The fourth-order valence-corrected chi connectivity index (χ4v) is 2.01. The number of aliphatic carboxylic acids is 1. The van der Waals surface area contributed by atoms with Gasteiger partial charge in [-0.1, -0.05) is 37.3 Å². The van der Waals surface area contributed by atoms with Gasteiger partial charge < -0.3 is 14.9 Å². The Hall–Kier alpha value is -2.75. The standard InChI is InChI=1S/C18H18O4/c1-2-11-22-17-6-4-3-5-14(17)12-16(18(20)21)13-7-9-15(19)10-8-13/h3-10,12,19H,2,11H2,1H3,(H,20,21)/b16-12-. The van der Waals surface area contributed by atoms with Gasteiger partial charge in [-0.25, -0.2) is 4.79 Å². The number of para-hydroxylation sites is 1. The SMILES string of the molecule is CCCOc1ccccc1/C=C(\C(=O)O)c1ccc(O)cc1. The third kappa shape index (κ3) is 3.88. The second kappa shape index (κ2) is 7.31. The highest BCUT2D eigenvalue weighted by Crippen LogP contribution is 2.26. The van der Waals surface area contributed by atoms with Gasteiger partial charge in [0.05, 0.1) is 12.2 Å². The number of hydrogen-bond acceptors (Lipinski definition) is 3. The van der Waals surface area contributed by atoms with Crippen molar-refractivity contribution in [2.24, 2.45) is 0 Å². The maximum atomic E-state index is 11.5. The van der Waals surface area contributed by atoms with Crippen LogP contribution in [0.5, 0.6) is 11.5 Å². The molecule has 22 heavy (non-hydrogen) atoms. The quantitative estimate of drug-likeness (QED) is 0.628. The topological polar surface area (TPSA) is 66.8 Å². The van der Waals surface area contributed by atoms with Crippen LogP contribution in [0.4, 0.5) is 0 Å². The van der Waals surface area contributed by atoms with E-state index in [1.807, 2.05) is 31.2 Å². The summed E-state index contributed by atoms with van der Waals surface area (Å²) in [5.74, 6) is -0.280. The number of carbonyl (C=O) groups is 1. The lowest BCUT2D eigenvalue weighted by molar-refractivity contribution is -0.130. The van der Waals surface area contributed by atoms with Crippen molar-refractivity contribution in [3.63, 3.8) is 0 Å². The summed E-state index contributed by atoms with van der Waals surface area (Å²) in [5, 5.41) is 18.8. The van der Waals surface area contributed by atoms with E-state index in [2.05, 4.69) is 0 Å². The third-order valence-corrected chi connectivity index (χ3v) is 3.09. The van der Waals surface area contributed by atoms with E-state index in [-0.39, 0.29) is 11.3 Å². The lowest BCUT2D eigenvalue weighted by Gasteiger charge is -2.09. The zero-order valence-corrected chi connectivity index (χ0v) is 12.3. The molecule has 0 unspecified atom stereocenters. The summed E-state index contributed by atoms with van der Waals surface area (Å²) in [5.41, 5.74) is 1.38. The Labute approximate surface area is 129 Å². The smallest absolute Gasteiger partial charge is 0.336 e. The number of phenolic OH excluding ortho intramolecular Hbond substituents is 1. The molecule has 0 aromatic heterocycles. The highest BCUT2D eigenvalue weighted by atomic mass is 16.5. The van der Waals surface area contributed by atoms with Crippen molar-refractivity contribution in [1.82, 2.24) is 0 Å². The van der Waals surface area contributed by atoms with Gasteiger partial charge in [0.1, 0.15) is 11.5 Å². The summed E-state index contributed by atoms with van der Waals surface area (Å²) in [7, 11) is 0. The van der Waals surface area contributed by atoms with Crippen LogP contribution in [-0.4, -0.2) is 22.8 Å². The van der Waals surface area contributed by atoms with Gasteiger partial charge in [-0.15, -0.1) is 0 Å². The zero-order chi connectivity index (χ0) is 15.9. The molecular weight excluding hydrogens is 280 g/mol. The van der Waals surface area contributed by atoms with E-state index in [0.29, 0.717) is 23.5 Å². The number of ether oxygens (including phenoxy) is 1. The van der Waals surface area contributed by atoms with Gasteiger partial charge in [-0.2, -0.15) is 0 Å². The number of carboxylic acid groups (broad SMARTS) is 1. The predicted molar refractivity (Wildman–Crippen MR) is 85.8 cm³/mol. The summed E-state index contributed by atoms with van der Waals surface area (Å²) in [4.78, 5) is 11.5. The molecule has 2 rings (SSSR count). The van der Waals surface area contributed by atoms with Crippen molar-refractivity contribution in [2.75, 3.05) is 6.61 Å². The number of hydrogen-bond donors (Lipinski definition) is 2. The minimum atomic E-state index is -1.03. The Morgan fingerprint density at radius 3 is 2.45 bits per heavy atom. The Morgan fingerprint density at radius 2 is 1.82 bits per heavy atom. The Morgan fingerprint density at radius 1 is 1.14 bits per heavy atom. The molecule has 2 aromatic rings. The van der Waals surface area contributed by atoms with Crippen molar-refractivity contribution in [3.8, 4) is 11.5 Å². The van der Waals surface area contributed by atoms with Crippen LogP contribution in [0.2, 0.25) is 0 Å². The molecule has 0 aliphatic rings. The molecule has 0 aliphatic carbocycles. The number of carboxylic acids is 1. The first kappa shape index (κ1) is 15.6. The summed E-state index contributed by atoms with van der Waals surface area (Å²) in [6, 6.07) is 13.4. The highest BCUT2D eigenvalue weighted by Gasteiger charge is 2.12. The normalized spacial score (nSPS) is 11.2. The zero-order valence-electron chi connectivity index (χ0n) is 12.3. The lowest BCUT2D eigenvalue weighted by atomic mass is 10.0. The molecular formula is C18H18O4. The first-order valence-electron chi connectivity index (χ1n) is 7.08. The van der Waals surface area contributed by atoms with E-state index in [1.165, 1.54) is 12.1 Å². The molecule has 0 radical (unpaired) electrons. The van der Waals surface area contributed by atoms with Gasteiger partial charge in [0.2, 0.25) is 0 Å². The van der Waals surface area contributed by atoms with Crippen LogP contribution in [0.15, 0.2) is 48.5 Å². The fourth-order valence-electron chi connectivity index (χ4n) is 2.01. The summed E-state index contributed by atoms with van der Waals surface area (Å²) in [6.07, 6.45) is 2.46. The molecule has 0 aliphatic heterocycles. The van der Waals surface area contributed by atoms with Crippen molar-refractivity contribution >= 4 is 17.6 Å². The van der Waals surface area contributed by atoms with E-state index in [0.717, 1.165) is 6.42 Å². The maximum Gasteiger partial charge on any atom is 0.336 e. The Bertz CT molecular complexity index is 672. The van der Waals surface area contributed by atoms with Crippen LogP contribution < -0.4 is 4.74 Å². The number of aromatic hydroxyl groups is 1. The first-order valence-corrected chi connectivity index (χ1v) is 7.08. The van der Waals surface area contributed by atoms with Gasteiger partial charge in [0, 0.05) is 5.56 Å². The maximum absolute atomic E-state index is 11.5. The van der Waals surface area contributed by atoms with Crippen LogP contribution in [0.3, 0.4) is 0 Å². The lowest BCUT2D eigenvalue weighted by Crippen LogP contribution is -2.01. The van der Waals surface area contributed by atoms with Crippen molar-refractivity contribution in [2.45, 2.75) is 13.3 Å². The monoisotopic (exact) mass is 298 g/mol. The molecule has 0 fully saturated rings. The Kier molecular flexibility index (Phi) is 5.20. The molecule has 4 heteroatoms. The van der Waals surface area contributed by atoms with Gasteiger partial charge in [0.25, 0.3) is 0 Å². The second-order valence-electron chi connectivity index (χ2n) is 4.80. The predicted octanol–water partition coefficient (Wildman–Crippen LogP) is 3.81. The molecule has 4 nitrogen and oxygen atoms in total. The molecule has 2 aromatic carbocycles. The Balaban J connectivity index is 2.42. The van der Waals surface area contributed by atoms with Crippen molar-refractivity contribution in [3.05, 3.63) is 59.7 Å². The molecule has 0 heterocycles. The van der Waals surface area contributed by atoms with E-state index in [1.54, 1.807) is 18.2 Å². The van der Waals surface area contributed by atoms with Gasteiger partial charge in [-0.3, -0.25) is 0 Å². The van der Waals surface area contributed by atoms with Crippen LogP contribution in [-0.2, 0) is 4.79 Å². The second-order valence-corrected chi connectivity index (χ2v) is 4.80. The average Bonchev–Trinajstić information content (AvgIpc) is 2.52. The molecule has 0 atom stereocenters. The average molecular weight is 298 g/mol. The van der Waals surface area contributed by atoms with E-state index in [4.69, 9.17) is 4.74 Å². The van der Waals surface area contributed by atoms with Gasteiger partial charge in [-0.05, 0) is 36.3 Å². The summed E-state index contributed by atoms with van der Waals surface area (Å²) >= 11 is 0. The van der Waals surface area contributed by atoms with E-state index >= 15 is 0 Å². The largest absolute Gasteiger partial charge is 0.508 e.